The summed E-state index contributed by atoms with van der Waals surface area (Å²) in [6.45, 7) is 0.834. The molecule has 0 amide bonds. The molecule has 0 aromatic carbocycles. The van der Waals surface area contributed by atoms with E-state index in [9.17, 15) is 9.59 Å². The number of carbonyl (C=O) groups excluding carboxylic acids is 2. The first-order valence-corrected chi connectivity index (χ1v) is 9.96. The highest BCUT2D eigenvalue weighted by Crippen LogP contribution is 2.09. The Hall–Kier alpha value is -1.66. The SMILES string of the molecule is O=C(CCCCC(=O)OCCc1ccsc1)OCCc1ccsc1. The Morgan fingerprint density at radius 1 is 0.792 bits per heavy atom. The molecule has 0 aliphatic carbocycles. The van der Waals surface area contributed by atoms with Crippen molar-refractivity contribution in [3.8, 4) is 0 Å². The zero-order chi connectivity index (χ0) is 17.0. The van der Waals surface area contributed by atoms with Crippen molar-refractivity contribution >= 4 is 34.6 Å². The summed E-state index contributed by atoms with van der Waals surface area (Å²) in [5, 5.41) is 8.13. The Morgan fingerprint density at radius 3 is 1.62 bits per heavy atom. The van der Waals surface area contributed by atoms with Gasteiger partial charge in [-0.3, -0.25) is 9.59 Å². The molecule has 2 aromatic rings. The maximum atomic E-state index is 11.6. The van der Waals surface area contributed by atoms with Gasteiger partial charge in [-0.15, -0.1) is 0 Å². The third-order valence-corrected chi connectivity index (χ3v) is 4.94. The molecule has 0 bridgehead atoms. The van der Waals surface area contributed by atoms with E-state index in [4.69, 9.17) is 9.47 Å². The lowest BCUT2D eigenvalue weighted by atomic mass is 10.2. The van der Waals surface area contributed by atoms with Gasteiger partial charge in [0.2, 0.25) is 0 Å². The van der Waals surface area contributed by atoms with Crippen molar-refractivity contribution in [2.45, 2.75) is 38.5 Å². The summed E-state index contributed by atoms with van der Waals surface area (Å²) < 4.78 is 10.4. The molecule has 2 heterocycles. The first kappa shape index (κ1) is 18.7. The minimum absolute atomic E-state index is 0.198. The zero-order valence-corrected chi connectivity index (χ0v) is 15.2. The number of hydrogen-bond acceptors (Lipinski definition) is 6. The molecule has 6 heteroatoms. The van der Waals surface area contributed by atoms with Crippen LogP contribution < -0.4 is 0 Å². The molecule has 4 nitrogen and oxygen atoms in total. The van der Waals surface area contributed by atoms with Gasteiger partial charge in [0.15, 0.2) is 0 Å². The molecule has 0 spiro atoms. The molecule has 0 atom stereocenters. The fourth-order valence-corrected chi connectivity index (χ4v) is 3.52. The zero-order valence-electron chi connectivity index (χ0n) is 13.6. The van der Waals surface area contributed by atoms with Gasteiger partial charge in [0.1, 0.15) is 0 Å². The predicted octanol–water partition coefficient (Wildman–Crippen LogP) is 4.24. The Kier molecular flexibility index (Phi) is 8.55. The van der Waals surface area contributed by atoms with Crippen LogP contribution in [0.1, 0.15) is 36.8 Å². The van der Waals surface area contributed by atoms with E-state index in [-0.39, 0.29) is 11.9 Å². The second kappa shape index (κ2) is 11.0. The molecule has 0 saturated carbocycles. The van der Waals surface area contributed by atoms with Crippen LogP contribution in [-0.2, 0) is 31.9 Å². The van der Waals surface area contributed by atoms with Gasteiger partial charge in [-0.05, 0) is 57.6 Å². The summed E-state index contributed by atoms with van der Waals surface area (Å²) in [6, 6.07) is 4.06. The van der Waals surface area contributed by atoms with Crippen molar-refractivity contribution < 1.29 is 19.1 Å². The van der Waals surface area contributed by atoms with Gasteiger partial charge >= 0.3 is 11.9 Å². The molecule has 2 aromatic heterocycles. The van der Waals surface area contributed by atoms with E-state index in [2.05, 4.69) is 10.8 Å². The fraction of sp³-hybridized carbons (Fsp3) is 0.444. The molecule has 2 rings (SSSR count). The van der Waals surface area contributed by atoms with Crippen molar-refractivity contribution in [3.05, 3.63) is 44.8 Å². The lowest BCUT2D eigenvalue weighted by molar-refractivity contribution is -0.145. The summed E-state index contributed by atoms with van der Waals surface area (Å²) in [4.78, 5) is 23.2. The van der Waals surface area contributed by atoms with Crippen LogP contribution in [0.3, 0.4) is 0 Å². The summed E-state index contributed by atoms with van der Waals surface area (Å²) in [5.74, 6) is -0.396. The number of hydrogen-bond donors (Lipinski definition) is 0. The number of thiophene rings is 2. The Bertz CT molecular complexity index is 536. The lowest BCUT2D eigenvalue weighted by Gasteiger charge is -2.05. The summed E-state index contributed by atoms with van der Waals surface area (Å²) in [7, 11) is 0. The van der Waals surface area contributed by atoms with E-state index in [0.29, 0.717) is 38.9 Å². The van der Waals surface area contributed by atoms with Crippen LogP contribution >= 0.6 is 22.7 Å². The van der Waals surface area contributed by atoms with Crippen LogP contribution in [0.4, 0.5) is 0 Å². The maximum absolute atomic E-state index is 11.6. The van der Waals surface area contributed by atoms with Crippen molar-refractivity contribution in [2.24, 2.45) is 0 Å². The average molecular weight is 367 g/mol. The molecule has 0 aliphatic rings. The highest BCUT2D eigenvalue weighted by Gasteiger charge is 2.06. The molecule has 0 unspecified atom stereocenters. The van der Waals surface area contributed by atoms with E-state index in [1.54, 1.807) is 22.7 Å². The smallest absolute Gasteiger partial charge is 0.305 e. The van der Waals surface area contributed by atoms with Gasteiger partial charge in [-0.25, -0.2) is 0 Å². The number of carbonyl (C=O) groups is 2. The minimum atomic E-state index is -0.198. The average Bonchev–Trinajstić information content (AvgIpc) is 3.25. The minimum Gasteiger partial charge on any atom is -0.465 e. The predicted molar refractivity (Wildman–Crippen MR) is 96.4 cm³/mol. The van der Waals surface area contributed by atoms with Crippen molar-refractivity contribution in [1.82, 2.24) is 0 Å². The molecular formula is C18H22O4S2. The summed E-state index contributed by atoms with van der Waals surface area (Å²) >= 11 is 3.28. The van der Waals surface area contributed by atoms with Gasteiger partial charge in [-0.2, -0.15) is 22.7 Å². The van der Waals surface area contributed by atoms with Crippen LogP contribution in [0.2, 0.25) is 0 Å². The van der Waals surface area contributed by atoms with Crippen molar-refractivity contribution in [1.29, 1.82) is 0 Å². The summed E-state index contributed by atoms with van der Waals surface area (Å²) in [5.41, 5.74) is 2.39. The third kappa shape index (κ3) is 7.75. The van der Waals surface area contributed by atoms with Gasteiger partial charge < -0.3 is 9.47 Å². The maximum Gasteiger partial charge on any atom is 0.305 e. The molecule has 0 radical (unpaired) electrons. The van der Waals surface area contributed by atoms with Gasteiger partial charge in [0.25, 0.3) is 0 Å². The fourth-order valence-electron chi connectivity index (χ4n) is 2.12. The third-order valence-electron chi connectivity index (χ3n) is 3.48. The number of esters is 2. The van der Waals surface area contributed by atoms with E-state index in [1.807, 2.05) is 22.9 Å². The number of rotatable bonds is 11. The summed E-state index contributed by atoms with van der Waals surface area (Å²) in [6.07, 6.45) is 3.52. The molecule has 130 valence electrons. The van der Waals surface area contributed by atoms with E-state index in [0.717, 1.165) is 12.8 Å². The normalized spacial score (nSPS) is 10.5. The largest absolute Gasteiger partial charge is 0.465 e. The molecular weight excluding hydrogens is 344 g/mol. The van der Waals surface area contributed by atoms with E-state index in [1.165, 1.54) is 11.1 Å². The Morgan fingerprint density at radius 2 is 1.25 bits per heavy atom. The van der Waals surface area contributed by atoms with Gasteiger partial charge in [-0.1, -0.05) is 0 Å². The number of unbranched alkanes of at least 4 members (excludes halogenated alkanes) is 1. The quantitative estimate of drug-likeness (QED) is 0.441. The van der Waals surface area contributed by atoms with Gasteiger partial charge in [0.05, 0.1) is 13.2 Å². The Labute approximate surface area is 150 Å². The number of ether oxygens (including phenoxy) is 2. The highest BCUT2D eigenvalue weighted by atomic mass is 32.1. The molecule has 24 heavy (non-hydrogen) atoms. The highest BCUT2D eigenvalue weighted by molar-refractivity contribution is 7.08. The standard InChI is InChI=1S/C18H22O4S2/c19-17(21-9-5-15-7-11-23-13-15)3-1-2-4-18(20)22-10-6-16-8-12-24-14-16/h7-8,11-14H,1-6,9-10H2. The Balaban J connectivity index is 1.43. The molecule has 0 saturated heterocycles. The van der Waals surface area contributed by atoms with Crippen LogP contribution in [0.15, 0.2) is 33.7 Å². The van der Waals surface area contributed by atoms with E-state index >= 15 is 0 Å². The van der Waals surface area contributed by atoms with E-state index < -0.39 is 0 Å². The molecule has 0 N–H and O–H groups in total. The van der Waals surface area contributed by atoms with Crippen LogP contribution in [-0.4, -0.2) is 25.2 Å². The first-order valence-electron chi connectivity index (χ1n) is 8.07. The topological polar surface area (TPSA) is 52.6 Å². The first-order chi connectivity index (χ1) is 11.7. The van der Waals surface area contributed by atoms with Crippen molar-refractivity contribution in [2.75, 3.05) is 13.2 Å². The monoisotopic (exact) mass is 366 g/mol. The van der Waals surface area contributed by atoms with Crippen molar-refractivity contribution in [3.63, 3.8) is 0 Å². The molecule has 0 aliphatic heterocycles. The van der Waals surface area contributed by atoms with Crippen LogP contribution in [0.5, 0.6) is 0 Å². The second-order valence-corrected chi connectivity index (χ2v) is 6.97. The molecule has 0 fully saturated rings. The van der Waals surface area contributed by atoms with Crippen LogP contribution in [0.25, 0.3) is 0 Å². The lowest BCUT2D eigenvalue weighted by Crippen LogP contribution is -2.09. The van der Waals surface area contributed by atoms with Crippen LogP contribution in [0, 0.1) is 0 Å². The van der Waals surface area contributed by atoms with Gasteiger partial charge in [0, 0.05) is 25.7 Å². The second-order valence-electron chi connectivity index (χ2n) is 5.41.